The Labute approximate surface area is 122 Å². The highest BCUT2D eigenvalue weighted by atomic mass is 35.5. The first-order valence-electron chi connectivity index (χ1n) is 6.68. The van der Waals surface area contributed by atoms with E-state index in [0.29, 0.717) is 0 Å². The molecule has 0 bridgehead atoms. The summed E-state index contributed by atoms with van der Waals surface area (Å²) < 4.78 is 0. The summed E-state index contributed by atoms with van der Waals surface area (Å²) >= 11 is 5.60. The maximum absolute atomic E-state index is 11.6. The van der Waals surface area contributed by atoms with E-state index in [9.17, 15) is 4.79 Å². The zero-order valence-corrected chi connectivity index (χ0v) is 13.3. The highest BCUT2D eigenvalue weighted by Gasteiger charge is 2.40. The Balaban J connectivity index is 3.29. The van der Waals surface area contributed by atoms with Crippen LogP contribution in [0.25, 0.3) is 0 Å². The number of allylic oxidation sites excluding steroid dienone is 2. The van der Waals surface area contributed by atoms with Crippen molar-refractivity contribution in [2.45, 2.75) is 47.5 Å². The van der Waals surface area contributed by atoms with E-state index in [-0.39, 0.29) is 28.5 Å². The summed E-state index contributed by atoms with van der Waals surface area (Å²) in [5.74, 6) is 2.64. The van der Waals surface area contributed by atoms with Crippen LogP contribution in [0.15, 0.2) is 11.3 Å². The van der Waals surface area contributed by atoms with Crippen LogP contribution in [0.1, 0.15) is 47.5 Å². The molecule has 1 aliphatic rings. The zero-order valence-electron chi connectivity index (χ0n) is 12.6. The molecule has 0 fully saturated rings. The molecule has 0 aromatic rings. The Morgan fingerprint density at radius 2 is 2.05 bits per heavy atom. The summed E-state index contributed by atoms with van der Waals surface area (Å²) in [5, 5.41) is 2.96. The number of carbonyl (C=O) groups is 1. The third-order valence-electron chi connectivity index (χ3n) is 3.72. The number of terminal acetylenes is 1. The van der Waals surface area contributed by atoms with Crippen molar-refractivity contribution < 1.29 is 4.79 Å². The van der Waals surface area contributed by atoms with Crippen LogP contribution in [-0.4, -0.2) is 11.8 Å². The molecule has 0 aromatic carbocycles. The molecule has 0 aliphatic heterocycles. The Hall–Kier alpha value is -0.940. The maximum atomic E-state index is 11.6. The number of halogens is 1. The Bertz CT molecular complexity index is 440. The topological polar surface area (TPSA) is 29.1 Å². The molecular formula is C16H24ClNO. The minimum Gasteiger partial charge on any atom is -0.329 e. The lowest BCUT2D eigenvalue weighted by Gasteiger charge is -2.45. The Kier molecular flexibility index (Phi) is 4.74. The van der Waals surface area contributed by atoms with Crippen LogP contribution in [0, 0.1) is 29.1 Å². The summed E-state index contributed by atoms with van der Waals surface area (Å²) in [7, 11) is 0. The largest absolute Gasteiger partial charge is 0.329 e. The maximum Gasteiger partial charge on any atom is 0.239 e. The number of carbonyl (C=O) groups excluding carboxylic acids is 1. The first kappa shape index (κ1) is 16.1. The zero-order chi connectivity index (χ0) is 14.8. The van der Waals surface area contributed by atoms with Gasteiger partial charge in [-0.2, -0.15) is 0 Å². The average molecular weight is 282 g/mol. The van der Waals surface area contributed by atoms with Gasteiger partial charge in [-0.15, -0.1) is 18.0 Å². The second-order valence-electron chi connectivity index (χ2n) is 6.86. The molecule has 3 heteroatoms. The fourth-order valence-electron chi connectivity index (χ4n) is 3.58. The standard InChI is InChI=1S/C16H24ClNO/c1-7-11(2)14-12(18-13(19)9-17)8-15(3,4)10-16(14,5)6/h1,11H,8-10H2,2-6H3,(H,18,19). The second kappa shape index (κ2) is 5.59. The third kappa shape index (κ3) is 3.76. The molecule has 0 heterocycles. The molecule has 0 saturated heterocycles. The van der Waals surface area contributed by atoms with E-state index in [1.54, 1.807) is 0 Å². The molecule has 0 radical (unpaired) electrons. The van der Waals surface area contributed by atoms with Gasteiger partial charge in [0.25, 0.3) is 0 Å². The molecule has 1 rings (SSSR count). The van der Waals surface area contributed by atoms with Gasteiger partial charge in [-0.25, -0.2) is 0 Å². The Morgan fingerprint density at radius 3 is 2.53 bits per heavy atom. The van der Waals surface area contributed by atoms with Gasteiger partial charge in [-0.3, -0.25) is 4.79 Å². The second-order valence-corrected chi connectivity index (χ2v) is 7.13. The summed E-state index contributed by atoms with van der Waals surface area (Å²) in [6, 6.07) is 0. The van der Waals surface area contributed by atoms with E-state index >= 15 is 0 Å². The van der Waals surface area contributed by atoms with Gasteiger partial charge in [0, 0.05) is 11.6 Å². The van der Waals surface area contributed by atoms with Gasteiger partial charge < -0.3 is 5.32 Å². The van der Waals surface area contributed by atoms with Crippen molar-refractivity contribution in [1.82, 2.24) is 5.32 Å². The summed E-state index contributed by atoms with van der Waals surface area (Å²) in [6.07, 6.45) is 7.49. The molecule has 19 heavy (non-hydrogen) atoms. The fraction of sp³-hybridized carbons (Fsp3) is 0.688. The molecule has 0 saturated carbocycles. The summed E-state index contributed by atoms with van der Waals surface area (Å²) in [5.41, 5.74) is 2.28. The van der Waals surface area contributed by atoms with Crippen molar-refractivity contribution in [2.75, 3.05) is 5.88 Å². The van der Waals surface area contributed by atoms with Gasteiger partial charge in [0.2, 0.25) is 5.91 Å². The molecule has 2 nitrogen and oxygen atoms in total. The molecule has 106 valence electrons. The van der Waals surface area contributed by atoms with E-state index < -0.39 is 0 Å². The molecule has 1 amide bonds. The van der Waals surface area contributed by atoms with Crippen molar-refractivity contribution >= 4 is 17.5 Å². The quantitative estimate of drug-likeness (QED) is 0.620. The highest BCUT2D eigenvalue weighted by molar-refractivity contribution is 6.27. The number of nitrogens with one attached hydrogen (secondary N) is 1. The first-order chi connectivity index (χ1) is 8.63. The Morgan fingerprint density at radius 1 is 1.47 bits per heavy atom. The van der Waals surface area contributed by atoms with Crippen LogP contribution in [0.5, 0.6) is 0 Å². The minimum absolute atomic E-state index is 0.0114. The average Bonchev–Trinajstić information content (AvgIpc) is 2.24. The molecule has 1 atom stereocenters. The van der Waals surface area contributed by atoms with Gasteiger partial charge in [-0.05, 0) is 36.2 Å². The van der Waals surface area contributed by atoms with Crippen LogP contribution in [0.2, 0.25) is 0 Å². The number of hydrogen-bond acceptors (Lipinski definition) is 1. The first-order valence-corrected chi connectivity index (χ1v) is 7.22. The summed E-state index contributed by atoms with van der Waals surface area (Å²) in [6.45, 7) is 10.9. The number of rotatable bonds is 3. The molecule has 1 N–H and O–H groups in total. The van der Waals surface area contributed by atoms with Gasteiger partial charge in [0.1, 0.15) is 5.88 Å². The monoisotopic (exact) mass is 281 g/mol. The van der Waals surface area contributed by atoms with Crippen LogP contribution < -0.4 is 5.32 Å². The van der Waals surface area contributed by atoms with Crippen LogP contribution in [-0.2, 0) is 4.79 Å². The van der Waals surface area contributed by atoms with Crippen LogP contribution in [0.3, 0.4) is 0 Å². The smallest absolute Gasteiger partial charge is 0.239 e. The summed E-state index contributed by atoms with van der Waals surface area (Å²) in [4.78, 5) is 11.6. The SMILES string of the molecule is C#CC(C)C1=C(NC(=O)CCl)CC(C)(C)CC1(C)C. The highest BCUT2D eigenvalue weighted by Crippen LogP contribution is 2.50. The predicted molar refractivity (Wildman–Crippen MR) is 80.7 cm³/mol. The molecule has 0 spiro atoms. The van der Waals surface area contributed by atoms with Gasteiger partial charge in [0.05, 0.1) is 0 Å². The lowest BCUT2D eigenvalue weighted by molar-refractivity contribution is -0.118. The predicted octanol–water partition coefficient (Wildman–Crippen LogP) is 3.71. The van der Waals surface area contributed by atoms with Gasteiger partial charge >= 0.3 is 0 Å². The lowest BCUT2D eigenvalue weighted by Crippen LogP contribution is -2.39. The van der Waals surface area contributed by atoms with Crippen LogP contribution >= 0.6 is 11.6 Å². The number of amides is 1. The van der Waals surface area contributed by atoms with Crippen molar-refractivity contribution in [3.05, 3.63) is 11.3 Å². The molecule has 0 aromatic heterocycles. The third-order valence-corrected chi connectivity index (χ3v) is 3.97. The van der Waals surface area contributed by atoms with E-state index in [0.717, 1.165) is 18.5 Å². The van der Waals surface area contributed by atoms with Crippen LogP contribution in [0.4, 0.5) is 0 Å². The lowest BCUT2D eigenvalue weighted by atomic mass is 9.61. The van der Waals surface area contributed by atoms with E-state index in [2.05, 4.69) is 38.9 Å². The van der Waals surface area contributed by atoms with Crippen molar-refractivity contribution in [2.24, 2.45) is 16.7 Å². The molecule has 1 aliphatic carbocycles. The van der Waals surface area contributed by atoms with E-state index in [1.807, 2.05) is 6.92 Å². The number of hydrogen-bond donors (Lipinski definition) is 1. The minimum atomic E-state index is -0.160. The van der Waals surface area contributed by atoms with Crippen molar-refractivity contribution in [3.8, 4) is 12.3 Å². The molecular weight excluding hydrogens is 258 g/mol. The number of alkyl halides is 1. The van der Waals surface area contributed by atoms with Crippen molar-refractivity contribution in [3.63, 3.8) is 0 Å². The van der Waals surface area contributed by atoms with Gasteiger partial charge in [0.15, 0.2) is 0 Å². The van der Waals surface area contributed by atoms with E-state index in [4.69, 9.17) is 18.0 Å². The van der Waals surface area contributed by atoms with Gasteiger partial charge in [-0.1, -0.05) is 33.6 Å². The van der Waals surface area contributed by atoms with Crippen molar-refractivity contribution in [1.29, 1.82) is 0 Å². The van der Waals surface area contributed by atoms with E-state index in [1.165, 1.54) is 5.57 Å². The molecule has 1 unspecified atom stereocenters. The fourth-order valence-corrected chi connectivity index (χ4v) is 3.65. The normalized spacial score (nSPS) is 22.6.